The topological polar surface area (TPSA) is 52.7 Å². The molecule has 5 nitrogen and oxygen atoms in total. The van der Waals surface area contributed by atoms with Crippen LogP contribution in [-0.4, -0.2) is 54.8 Å². The monoisotopic (exact) mass is 343 g/mol. The number of amides is 2. The van der Waals surface area contributed by atoms with Crippen LogP contribution >= 0.6 is 0 Å². The lowest BCUT2D eigenvalue weighted by molar-refractivity contribution is -0.137. The lowest BCUT2D eigenvalue weighted by atomic mass is 10.1. The SMILES string of the molecule is CN(C)C(=O)[C@H]1CCCN1CC(=O)Nc1ccccc1C(F)(F)F. The molecule has 0 saturated carbocycles. The van der Waals surface area contributed by atoms with Gasteiger partial charge in [0.15, 0.2) is 0 Å². The van der Waals surface area contributed by atoms with E-state index < -0.39 is 23.7 Å². The molecule has 0 aliphatic carbocycles. The minimum atomic E-state index is -4.54. The zero-order valence-corrected chi connectivity index (χ0v) is 13.6. The minimum absolute atomic E-state index is 0.101. The smallest absolute Gasteiger partial charge is 0.347 e. The molecule has 1 N–H and O–H groups in total. The van der Waals surface area contributed by atoms with E-state index in [9.17, 15) is 22.8 Å². The van der Waals surface area contributed by atoms with Crippen LogP contribution in [0.4, 0.5) is 18.9 Å². The summed E-state index contributed by atoms with van der Waals surface area (Å²) < 4.78 is 38.8. The van der Waals surface area contributed by atoms with Crippen LogP contribution in [0.25, 0.3) is 0 Å². The summed E-state index contributed by atoms with van der Waals surface area (Å²) >= 11 is 0. The van der Waals surface area contributed by atoms with E-state index in [1.165, 1.54) is 23.1 Å². The minimum Gasteiger partial charge on any atom is -0.347 e. The van der Waals surface area contributed by atoms with Gasteiger partial charge < -0.3 is 10.2 Å². The number of likely N-dealkylation sites (tertiary alicyclic amines) is 1. The molecule has 2 rings (SSSR count). The van der Waals surface area contributed by atoms with Gasteiger partial charge in [-0.1, -0.05) is 12.1 Å². The predicted octanol–water partition coefficient (Wildman–Crippen LogP) is 2.20. The molecule has 0 radical (unpaired) electrons. The zero-order chi connectivity index (χ0) is 17.9. The van der Waals surface area contributed by atoms with E-state index in [4.69, 9.17) is 0 Å². The van der Waals surface area contributed by atoms with E-state index >= 15 is 0 Å². The van der Waals surface area contributed by atoms with Crippen LogP contribution in [-0.2, 0) is 15.8 Å². The molecule has 1 aliphatic heterocycles. The number of nitrogens with one attached hydrogen (secondary N) is 1. The van der Waals surface area contributed by atoms with Gasteiger partial charge in [-0.2, -0.15) is 13.2 Å². The van der Waals surface area contributed by atoms with Crippen molar-refractivity contribution in [1.29, 1.82) is 0 Å². The highest BCUT2D eigenvalue weighted by atomic mass is 19.4. The fourth-order valence-electron chi connectivity index (χ4n) is 2.81. The molecule has 1 aliphatic rings. The summed E-state index contributed by atoms with van der Waals surface area (Å²) in [7, 11) is 3.27. The van der Waals surface area contributed by atoms with Crippen molar-refractivity contribution in [1.82, 2.24) is 9.80 Å². The van der Waals surface area contributed by atoms with Crippen LogP contribution in [0.1, 0.15) is 18.4 Å². The summed E-state index contributed by atoms with van der Waals surface area (Å²) in [6, 6.07) is 4.43. The maximum atomic E-state index is 12.9. The largest absolute Gasteiger partial charge is 0.418 e. The first kappa shape index (κ1) is 18.3. The second kappa shape index (κ2) is 7.21. The normalized spacial score (nSPS) is 18.5. The van der Waals surface area contributed by atoms with Gasteiger partial charge in [-0.15, -0.1) is 0 Å². The van der Waals surface area contributed by atoms with E-state index in [0.717, 1.165) is 12.5 Å². The summed E-state index contributed by atoms with van der Waals surface area (Å²) in [6.45, 7) is 0.453. The number of anilines is 1. The number of nitrogens with zero attached hydrogens (tertiary/aromatic N) is 2. The summed E-state index contributed by atoms with van der Waals surface area (Å²) in [6.07, 6.45) is -3.12. The second-order valence-electron chi connectivity index (χ2n) is 5.95. The van der Waals surface area contributed by atoms with Crippen molar-refractivity contribution in [2.24, 2.45) is 0 Å². The number of halogens is 3. The van der Waals surface area contributed by atoms with Crippen molar-refractivity contribution in [2.45, 2.75) is 25.1 Å². The van der Waals surface area contributed by atoms with Gasteiger partial charge in [0.05, 0.1) is 23.8 Å². The molecule has 0 bridgehead atoms. The van der Waals surface area contributed by atoms with Gasteiger partial charge in [0.25, 0.3) is 0 Å². The fraction of sp³-hybridized carbons (Fsp3) is 0.500. The molecule has 1 aromatic carbocycles. The summed E-state index contributed by atoms with van der Waals surface area (Å²) in [5, 5.41) is 2.31. The molecule has 0 unspecified atom stereocenters. The first-order valence-electron chi connectivity index (χ1n) is 7.61. The van der Waals surface area contributed by atoms with Crippen molar-refractivity contribution >= 4 is 17.5 Å². The van der Waals surface area contributed by atoms with Crippen molar-refractivity contribution in [3.63, 3.8) is 0 Å². The van der Waals surface area contributed by atoms with Crippen molar-refractivity contribution in [3.05, 3.63) is 29.8 Å². The van der Waals surface area contributed by atoms with Crippen molar-refractivity contribution in [2.75, 3.05) is 32.5 Å². The Balaban J connectivity index is 2.05. The van der Waals surface area contributed by atoms with Crippen LogP contribution < -0.4 is 5.32 Å². The molecule has 1 heterocycles. The Kier molecular flexibility index (Phi) is 5.48. The molecule has 8 heteroatoms. The van der Waals surface area contributed by atoms with Crippen LogP contribution in [0.5, 0.6) is 0 Å². The van der Waals surface area contributed by atoms with E-state index in [1.807, 2.05) is 0 Å². The third-order valence-corrected chi connectivity index (χ3v) is 3.94. The Morgan fingerprint density at radius 2 is 1.96 bits per heavy atom. The number of hydrogen-bond acceptors (Lipinski definition) is 3. The van der Waals surface area contributed by atoms with Crippen molar-refractivity contribution < 1.29 is 22.8 Å². The summed E-state index contributed by atoms with van der Waals surface area (Å²) in [5.74, 6) is -0.666. The second-order valence-corrected chi connectivity index (χ2v) is 5.95. The average molecular weight is 343 g/mol. The number of para-hydroxylation sites is 1. The third-order valence-electron chi connectivity index (χ3n) is 3.94. The lowest BCUT2D eigenvalue weighted by Gasteiger charge is -2.25. The number of carbonyl (C=O) groups is 2. The number of carbonyl (C=O) groups excluding carboxylic acids is 2. The number of likely N-dealkylation sites (N-methyl/N-ethyl adjacent to an activating group) is 1. The number of rotatable bonds is 4. The molecule has 0 spiro atoms. The summed E-state index contributed by atoms with van der Waals surface area (Å²) in [5.41, 5.74) is -1.16. The van der Waals surface area contributed by atoms with Crippen LogP contribution in [0.2, 0.25) is 0 Å². The van der Waals surface area contributed by atoms with Gasteiger partial charge in [-0.3, -0.25) is 14.5 Å². The van der Waals surface area contributed by atoms with E-state index in [-0.39, 0.29) is 18.1 Å². The standard InChI is InChI=1S/C16H20F3N3O2/c1-21(2)15(24)13-8-5-9-22(13)10-14(23)20-12-7-4-3-6-11(12)16(17,18)19/h3-4,6-7,13H,5,8-10H2,1-2H3,(H,20,23)/t13-/m1/s1. The van der Waals surface area contributed by atoms with Crippen molar-refractivity contribution in [3.8, 4) is 0 Å². The Labute approximate surface area is 138 Å². The van der Waals surface area contributed by atoms with Gasteiger partial charge in [-0.25, -0.2) is 0 Å². The maximum absolute atomic E-state index is 12.9. The molecular formula is C16H20F3N3O2. The zero-order valence-electron chi connectivity index (χ0n) is 13.6. The lowest BCUT2D eigenvalue weighted by Crippen LogP contribution is -2.45. The highest BCUT2D eigenvalue weighted by Crippen LogP contribution is 2.34. The maximum Gasteiger partial charge on any atom is 0.418 e. The molecule has 1 fully saturated rings. The van der Waals surface area contributed by atoms with E-state index in [1.54, 1.807) is 19.0 Å². The summed E-state index contributed by atoms with van der Waals surface area (Å²) in [4.78, 5) is 27.4. The molecular weight excluding hydrogens is 323 g/mol. The predicted molar refractivity (Wildman–Crippen MR) is 83.4 cm³/mol. The Hall–Kier alpha value is -2.09. The molecule has 1 aromatic rings. The number of benzene rings is 1. The van der Waals surface area contributed by atoms with Gasteiger partial charge in [-0.05, 0) is 31.5 Å². The third kappa shape index (κ3) is 4.25. The van der Waals surface area contributed by atoms with Crippen LogP contribution in [0, 0.1) is 0 Å². The van der Waals surface area contributed by atoms with E-state index in [0.29, 0.717) is 13.0 Å². The number of hydrogen-bond donors (Lipinski definition) is 1. The average Bonchev–Trinajstić information content (AvgIpc) is 2.93. The molecule has 2 amide bonds. The number of alkyl halides is 3. The Bertz CT molecular complexity index is 617. The van der Waals surface area contributed by atoms with Crippen LogP contribution in [0.3, 0.4) is 0 Å². The molecule has 1 atom stereocenters. The fourth-order valence-corrected chi connectivity index (χ4v) is 2.81. The highest BCUT2D eigenvalue weighted by Gasteiger charge is 2.35. The molecule has 0 aromatic heterocycles. The quantitative estimate of drug-likeness (QED) is 0.912. The first-order chi connectivity index (χ1) is 11.2. The van der Waals surface area contributed by atoms with Gasteiger partial charge >= 0.3 is 6.18 Å². The molecule has 24 heavy (non-hydrogen) atoms. The Morgan fingerprint density at radius 1 is 1.29 bits per heavy atom. The molecule has 132 valence electrons. The van der Waals surface area contributed by atoms with Gasteiger partial charge in [0, 0.05) is 14.1 Å². The highest BCUT2D eigenvalue weighted by molar-refractivity contribution is 5.93. The van der Waals surface area contributed by atoms with Gasteiger partial charge in [0.2, 0.25) is 11.8 Å². The van der Waals surface area contributed by atoms with Gasteiger partial charge in [0.1, 0.15) is 0 Å². The van der Waals surface area contributed by atoms with E-state index in [2.05, 4.69) is 5.32 Å². The Morgan fingerprint density at radius 3 is 2.58 bits per heavy atom. The van der Waals surface area contributed by atoms with Crippen LogP contribution in [0.15, 0.2) is 24.3 Å². The first-order valence-corrected chi connectivity index (χ1v) is 7.61. The molecule has 1 saturated heterocycles.